The molecular formula is C24H18ClF3N4O2. The Morgan fingerprint density at radius 3 is 2.76 bits per heavy atom. The minimum absolute atomic E-state index is 0.112. The van der Waals surface area contributed by atoms with Crippen molar-refractivity contribution in [2.24, 2.45) is 0 Å². The summed E-state index contributed by atoms with van der Waals surface area (Å²) >= 11 is 6.12. The predicted molar refractivity (Wildman–Crippen MR) is 124 cm³/mol. The van der Waals surface area contributed by atoms with E-state index in [1.54, 1.807) is 24.4 Å². The normalized spacial score (nSPS) is 15.8. The SMILES string of the molecule is C=Cc1ccc(N2CC(CO)Oc3c(-c4nc5c(Cl)cc(C(F)(F)F)cc5[nH]4)cccc32)nc1. The van der Waals surface area contributed by atoms with Crippen molar-refractivity contribution >= 4 is 40.2 Å². The van der Waals surface area contributed by atoms with Gasteiger partial charge in [-0.1, -0.05) is 30.3 Å². The molecule has 0 saturated heterocycles. The van der Waals surface area contributed by atoms with Crippen molar-refractivity contribution in [3.05, 3.63) is 71.4 Å². The molecule has 0 amide bonds. The quantitative estimate of drug-likeness (QED) is 0.379. The summed E-state index contributed by atoms with van der Waals surface area (Å²) in [7, 11) is 0. The standard InChI is InChI=1S/C24H18ClF3N4O2/c1-2-13-6-7-20(29-10-13)32-11-15(12-33)34-22-16(4-3-5-19(22)32)23-30-18-9-14(24(26,27)28)8-17(25)21(18)31-23/h2-10,15,33H,1,11-12H2,(H,30,31). The fourth-order valence-electron chi connectivity index (χ4n) is 3.91. The van der Waals surface area contributed by atoms with Crippen LogP contribution in [0.2, 0.25) is 5.02 Å². The third-order valence-electron chi connectivity index (χ3n) is 5.56. The number of nitrogens with zero attached hydrogens (tertiary/aromatic N) is 3. The van der Waals surface area contributed by atoms with Crippen molar-refractivity contribution in [3.63, 3.8) is 0 Å². The maximum atomic E-state index is 13.2. The van der Waals surface area contributed by atoms with Gasteiger partial charge in [0.15, 0.2) is 5.75 Å². The molecule has 0 bridgehead atoms. The first-order chi connectivity index (χ1) is 16.3. The average molecular weight is 487 g/mol. The number of anilines is 2. The predicted octanol–water partition coefficient (Wildman–Crippen LogP) is 5.83. The molecule has 2 aromatic carbocycles. The summed E-state index contributed by atoms with van der Waals surface area (Å²) in [5.41, 5.74) is 1.57. The smallest absolute Gasteiger partial charge is 0.416 e. The summed E-state index contributed by atoms with van der Waals surface area (Å²) in [5.74, 6) is 1.36. The summed E-state index contributed by atoms with van der Waals surface area (Å²) in [4.78, 5) is 13.8. The number of halogens is 4. The molecule has 10 heteroatoms. The van der Waals surface area contributed by atoms with Crippen molar-refractivity contribution < 1.29 is 23.0 Å². The molecule has 2 aromatic heterocycles. The zero-order valence-corrected chi connectivity index (χ0v) is 18.4. The lowest BCUT2D eigenvalue weighted by Gasteiger charge is -2.35. The van der Waals surface area contributed by atoms with Gasteiger partial charge in [0.2, 0.25) is 0 Å². The number of nitrogens with one attached hydrogen (secondary N) is 1. The number of aliphatic hydroxyl groups excluding tert-OH is 1. The Morgan fingerprint density at radius 2 is 2.09 bits per heavy atom. The Labute approximate surface area is 197 Å². The molecule has 5 rings (SSSR count). The van der Waals surface area contributed by atoms with Gasteiger partial charge in [-0.2, -0.15) is 13.2 Å². The summed E-state index contributed by atoms with van der Waals surface area (Å²) < 4.78 is 45.8. The topological polar surface area (TPSA) is 74.3 Å². The molecule has 1 aliphatic rings. The molecule has 174 valence electrons. The third kappa shape index (κ3) is 3.86. The van der Waals surface area contributed by atoms with Crippen LogP contribution in [0.5, 0.6) is 5.75 Å². The molecular weight excluding hydrogens is 469 g/mol. The molecule has 1 aliphatic heterocycles. The Morgan fingerprint density at radius 1 is 1.26 bits per heavy atom. The van der Waals surface area contributed by atoms with Crippen LogP contribution >= 0.6 is 11.6 Å². The van der Waals surface area contributed by atoms with Crippen LogP contribution in [0, 0.1) is 0 Å². The number of para-hydroxylation sites is 1. The second-order valence-corrected chi connectivity index (χ2v) is 8.19. The Hall–Kier alpha value is -3.56. The van der Waals surface area contributed by atoms with Crippen LogP contribution in [-0.2, 0) is 6.18 Å². The number of hydrogen-bond acceptors (Lipinski definition) is 5. The van der Waals surface area contributed by atoms with E-state index >= 15 is 0 Å². The maximum absolute atomic E-state index is 13.2. The van der Waals surface area contributed by atoms with Gasteiger partial charge >= 0.3 is 6.18 Å². The number of aromatic nitrogens is 3. The number of benzene rings is 2. The first kappa shape index (κ1) is 22.2. The second-order valence-electron chi connectivity index (χ2n) is 7.78. The molecule has 2 N–H and O–H groups in total. The number of imidazole rings is 1. The molecule has 1 unspecified atom stereocenters. The monoisotopic (exact) mass is 486 g/mol. The molecule has 0 radical (unpaired) electrons. The number of fused-ring (bicyclic) bond motifs is 2. The first-order valence-corrected chi connectivity index (χ1v) is 10.7. The largest absolute Gasteiger partial charge is 0.483 e. The minimum Gasteiger partial charge on any atom is -0.483 e. The van der Waals surface area contributed by atoms with Gasteiger partial charge in [-0.15, -0.1) is 0 Å². The van der Waals surface area contributed by atoms with Crippen molar-refractivity contribution in [2.75, 3.05) is 18.1 Å². The highest BCUT2D eigenvalue weighted by Gasteiger charge is 2.33. The van der Waals surface area contributed by atoms with Crippen LogP contribution < -0.4 is 9.64 Å². The summed E-state index contributed by atoms with van der Waals surface area (Å²) in [6, 6.07) is 10.9. The summed E-state index contributed by atoms with van der Waals surface area (Å²) in [6.07, 6.45) is -1.72. The lowest BCUT2D eigenvalue weighted by molar-refractivity contribution is -0.137. The van der Waals surface area contributed by atoms with E-state index in [-0.39, 0.29) is 22.7 Å². The third-order valence-corrected chi connectivity index (χ3v) is 5.85. The highest BCUT2D eigenvalue weighted by molar-refractivity contribution is 6.35. The number of aliphatic hydroxyl groups is 1. The van der Waals surface area contributed by atoms with Crippen LogP contribution in [0.25, 0.3) is 28.5 Å². The number of ether oxygens (including phenoxy) is 1. The van der Waals surface area contributed by atoms with Crippen LogP contribution in [0.3, 0.4) is 0 Å². The van der Waals surface area contributed by atoms with Gasteiger partial charge in [-0.05, 0) is 42.0 Å². The minimum atomic E-state index is -4.54. The molecule has 0 fully saturated rings. The van der Waals surface area contributed by atoms with Crippen LogP contribution in [0.4, 0.5) is 24.7 Å². The van der Waals surface area contributed by atoms with Gasteiger partial charge < -0.3 is 19.7 Å². The van der Waals surface area contributed by atoms with Gasteiger partial charge in [0.05, 0.1) is 40.5 Å². The zero-order valence-electron chi connectivity index (χ0n) is 17.6. The van der Waals surface area contributed by atoms with E-state index in [9.17, 15) is 18.3 Å². The Balaban J connectivity index is 1.64. The molecule has 34 heavy (non-hydrogen) atoms. The van der Waals surface area contributed by atoms with Gasteiger partial charge in [0.25, 0.3) is 0 Å². The van der Waals surface area contributed by atoms with E-state index in [4.69, 9.17) is 16.3 Å². The fraction of sp³-hybridized carbons (Fsp3) is 0.167. The van der Waals surface area contributed by atoms with Crippen molar-refractivity contribution in [2.45, 2.75) is 12.3 Å². The van der Waals surface area contributed by atoms with E-state index in [0.717, 1.165) is 17.7 Å². The van der Waals surface area contributed by atoms with Crippen LogP contribution in [0.15, 0.2) is 55.2 Å². The lowest BCUT2D eigenvalue weighted by Crippen LogP contribution is -2.40. The zero-order chi connectivity index (χ0) is 24.0. The van der Waals surface area contributed by atoms with E-state index in [1.807, 2.05) is 23.1 Å². The van der Waals surface area contributed by atoms with Gasteiger partial charge in [0.1, 0.15) is 23.3 Å². The van der Waals surface area contributed by atoms with Gasteiger partial charge in [-0.3, -0.25) is 0 Å². The number of H-pyrrole nitrogens is 1. The number of aromatic amines is 1. The molecule has 3 heterocycles. The summed E-state index contributed by atoms with van der Waals surface area (Å²) in [6.45, 7) is 3.85. The molecule has 0 saturated carbocycles. The van der Waals surface area contributed by atoms with Crippen molar-refractivity contribution in [1.82, 2.24) is 15.0 Å². The van der Waals surface area contributed by atoms with E-state index in [2.05, 4.69) is 21.5 Å². The highest BCUT2D eigenvalue weighted by atomic mass is 35.5. The Bertz CT molecular complexity index is 1390. The van der Waals surface area contributed by atoms with Gasteiger partial charge in [0, 0.05) is 6.20 Å². The van der Waals surface area contributed by atoms with Crippen molar-refractivity contribution in [3.8, 4) is 17.1 Å². The molecule has 0 spiro atoms. The van der Waals surface area contributed by atoms with Crippen molar-refractivity contribution in [1.29, 1.82) is 0 Å². The van der Waals surface area contributed by atoms with E-state index < -0.39 is 17.8 Å². The van der Waals surface area contributed by atoms with Crippen LogP contribution in [0.1, 0.15) is 11.1 Å². The maximum Gasteiger partial charge on any atom is 0.416 e. The molecule has 4 aromatic rings. The van der Waals surface area contributed by atoms with Crippen LogP contribution in [-0.4, -0.2) is 39.3 Å². The molecule has 1 atom stereocenters. The molecule has 0 aliphatic carbocycles. The lowest BCUT2D eigenvalue weighted by atomic mass is 10.1. The van der Waals surface area contributed by atoms with Gasteiger partial charge in [-0.25, -0.2) is 9.97 Å². The number of hydrogen-bond donors (Lipinski definition) is 2. The first-order valence-electron chi connectivity index (χ1n) is 10.3. The fourth-order valence-corrected chi connectivity index (χ4v) is 4.17. The number of alkyl halides is 3. The summed E-state index contributed by atoms with van der Waals surface area (Å²) in [5, 5.41) is 9.74. The average Bonchev–Trinajstić information content (AvgIpc) is 3.27. The second kappa shape index (κ2) is 8.34. The van der Waals surface area contributed by atoms with E-state index in [0.29, 0.717) is 35.2 Å². The Kier molecular flexibility index (Phi) is 5.45. The van der Waals surface area contributed by atoms with E-state index in [1.165, 1.54) is 0 Å². The molecule has 6 nitrogen and oxygen atoms in total. The number of pyridine rings is 1. The number of rotatable bonds is 4. The highest BCUT2D eigenvalue weighted by Crippen LogP contribution is 2.44.